The standard InChI is InChI=1S/C8H10N2O3/c11-8(12)7-4-10(5-9-7)3-6-1-2-13-6/h4-6H,1-3H2,(H,11,12). The van der Waals surface area contributed by atoms with Crippen LogP contribution in [0.5, 0.6) is 0 Å². The van der Waals surface area contributed by atoms with Gasteiger partial charge in [0.15, 0.2) is 5.69 Å². The third-order valence-electron chi connectivity index (χ3n) is 2.06. The summed E-state index contributed by atoms with van der Waals surface area (Å²) in [4.78, 5) is 14.2. The number of carboxylic acids is 1. The Morgan fingerprint density at radius 1 is 1.85 bits per heavy atom. The van der Waals surface area contributed by atoms with Crippen molar-refractivity contribution in [3.63, 3.8) is 0 Å². The van der Waals surface area contributed by atoms with Gasteiger partial charge < -0.3 is 14.4 Å². The summed E-state index contributed by atoms with van der Waals surface area (Å²) in [5, 5.41) is 8.60. The van der Waals surface area contributed by atoms with E-state index in [0.29, 0.717) is 6.54 Å². The molecule has 1 aliphatic rings. The molecule has 1 N–H and O–H groups in total. The second-order valence-electron chi connectivity index (χ2n) is 3.04. The minimum atomic E-state index is -0.992. The van der Waals surface area contributed by atoms with Gasteiger partial charge in [-0.1, -0.05) is 0 Å². The highest BCUT2D eigenvalue weighted by Gasteiger charge is 2.18. The summed E-state index contributed by atoms with van der Waals surface area (Å²) in [6.45, 7) is 1.51. The number of hydrogen-bond acceptors (Lipinski definition) is 3. The van der Waals surface area contributed by atoms with Gasteiger partial charge in [-0.25, -0.2) is 9.78 Å². The number of carbonyl (C=O) groups is 1. The zero-order valence-corrected chi connectivity index (χ0v) is 7.01. The Morgan fingerprint density at radius 3 is 3.08 bits per heavy atom. The molecule has 1 fully saturated rings. The summed E-state index contributed by atoms with van der Waals surface area (Å²) >= 11 is 0. The molecule has 2 rings (SSSR count). The molecule has 0 aliphatic carbocycles. The Balaban J connectivity index is 2.00. The van der Waals surface area contributed by atoms with E-state index in [1.54, 1.807) is 4.57 Å². The van der Waals surface area contributed by atoms with Crippen LogP contribution in [-0.4, -0.2) is 33.3 Å². The van der Waals surface area contributed by atoms with E-state index in [-0.39, 0.29) is 11.8 Å². The number of aromatic carboxylic acids is 1. The lowest BCUT2D eigenvalue weighted by molar-refractivity contribution is -0.0592. The highest BCUT2D eigenvalue weighted by atomic mass is 16.5. The minimum Gasteiger partial charge on any atom is -0.476 e. The van der Waals surface area contributed by atoms with E-state index in [1.807, 2.05) is 0 Å². The molecule has 0 bridgehead atoms. The highest BCUT2D eigenvalue weighted by molar-refractivity contribution is 5.84. The lowest BCUT2D eigenvalue weighted by atomic mass is 10.2. The minimum absolute atomic E-state index is 0.0827. The molecule has 5 nitrogen and oxygen atoms in total. The Kier molecular flexibility index (Phi) is 2.02. The van der Waals surface area contributed by atoms with Gasteiger partial charge >= 0.3 is 5.97 Å². The van der Waals surface area contributed by atoms with Gasteiger partial charge in [0.1, 0.15) is 0 Å². The monoisotopic (exact) mass is 182 g/mol. The zero-order chi connectivity index (χ0) is 9.26. The van der Waals surface area contributed by atoms with Gasteiger partial charge in [-0.2, -0.15) is 0 Å². The molecule has 13 heavy (non-hydrogen) atoms. The molecule has 0 amide bonds. The van der Waals surface area contributed by atoms with Crippen LogP contribution in [0.15, 0.2) is 12.5 Å². The first-order valence-electron chi connectivity index (χ1n) is 4.12. The van der Waals surface area contributed by atoms with Gasteiger partial charge in [-0.3, -0.25) is 0 Å². The maximum Gasteiger partial charge on any atom is 0.356 e. The number of carboxylic acid groups (broad SMARTS) is 1. The largest absolute Gasteiger partial charge is 0.476 e. The number of rotatable bonds is 3. The molecule has 1 aromatic heterocycles. The lowest BCUT2D eigenvalue weighted by Crippen LogP contribution is -2.30. The molecule has 0 saturated carbocycles. The fourth-order valence-corrected chi connectivity index (χ4v) is 1.23. The highest BCUT2D eigenvalue weighted by Crippen LogP contribution is 2.13. The van der Waals surface area contributed by atoms with Crippen molar-refractivity contribution in [3.05, 3.63) is 18.2 Å². The van der Waals surface area contributed by atoms with E-state index in [0.717, 1.165) is 13.0 Å². The molecule has 0 aromatic carbocycles. The maximum atomic E-state index is 10.5. The molecule has 1 aliphatic heterocycles. The van der Waals surface area contributed by atoms with Crippen LogP contribution >= 0.6 is 0 Å². The van der Waals surface area contributed by atoms with Crippen molar-refractivity contribution in [1.29, 1.82) is 0 Å². The number of nitrogens with zero attached hydrogens (tertiary/aromatic N) is 2. The molecule has 2 heterocycles. The van der Waals surface area contributed by atoms with Crippen molar-refractivity contribution < 1.29 is 14.6 Å². The topological polar surface area (TPSA) is 64.3 Å². The summed E-state index contributed by atoms with van der Waals surface area (Å²) in [7, 11) is 0. The molecule has 1 atom stereocenters. The van der Waals surface area contributed by atoms with Crippen LogP contribution in [-0.2, 0) is 11.3 Å². The summed E-state index contributed by atoms with van der Waals surface area (Å²) in [6, 6.07) is 0. The normalized spacial score (nSPS) is 21.1. The van der Waals surface area contributed by atoms with Gasteiger partial charge in [-0.15, -0.1) is 0 Å². The molecule has 5 heteroatoms. The molecule has 0 radical (unpaired) electrons. The van der Waals surface area contributed by atoms with Gasteiger partial charge in [0.05, 0.1) is 12.4 Å². The third-order valence-corrected chi connectivity index (χ3v) is 2.06. The molecule has 0 spiro atoms. The van der Waals surface area contributed by atoms with Gasteiger partial charge in [0.2, 0.25) is 0 Å². The van der Waals surface area contributed by atoms with E-state index in [2.05, 4.69) is 4.98 Å². The number of imidazole rings is 1. The SMILES string of the molecule is O=C(O)c1cn(CC2CCO2)cn1. The van der Waals surface area contributed by atoms with Gasteiger partial charge in [-0.05, 0) is 6.42 Å². The number of ether oxygens (including phenoxy) is 1. The molecule has 70 valence electrons. The first-order valence-corrected chi connectivity index (χ1v) is 4.12. The van der Waals surface area contributed by atoms with Crippen molar-refractivity contribution in [2.24, 2.45) is 0 Å². The Labute approximate surface area is 75.0 Å². The van der Waals surface area contributed by atoms with E-state index in [9.17, 15) is 4.79 Å². The predicted molar refractivity (Wildman–Crippen MR) is 43.5 cm³/mol. The molecular weight excluding hydrogens is 172 g/mol. The van der Waals surface area contributed by atoms with Crippen molar-refractivity contribution >= 4 is 5.97 Å². The second kappa shape index (κ2) is 3.18. The van der Waals surface area contributed by atoms with Crippen LogP contribution in [0, 0.1) is 0 Å². The average molecular weight is 182 g/mol. The van der Waals surface area contributed by atoms with E-state index in [4.69, 9.17) is 9.84 Å². The van der Waals surface area contributed by atoms with Crippen LogP contribution in [0.1, 0.15) is 16.9 Å². The van der Waals surface area contributed by atoms with Crippen LogP contribution < -0.4 is 0 Å². The first-order chi connectivity index (χ1) is 6.25. The molecule has 1 unspecified atom stereocenters. The van der Waals surface area contributed by atoms with Crippen molar-refractivity contribution in [1.82, 2.24) is 9.55 Å². The van der Waals surface area contributed by atoms with E-state index < -0.39 is 5.97 Å². The van der Waals surface area contributed by atoms with Crippen LogP contribution in [0.2, 0.25) is 0 Å². The molecule has 1 aromatic rings. The summed E-state index contributed by atoms with van der Waals surface area (Å²) in [5.41, 5.74) is 0.0827. The summed E-state index contributed by atoms with van der Waals surface area (Å²) in [5.74, 6) is -0.992. The van der Waals surface area contributed by atoms with E-state index in [1.165, 1.54) is 12.5 Å². The summed E-state index contributed by atoms with van der Waals surface area (Å²) < 4.78 is 6.95. The molecule has 1 saturated heterocycles. The zero-order valence-electron chi connectivity index (χ0n) is 7.01. The van der Waals surface area contributed by atoms with Crippen molar-refractivity contribution in [3.8, 4) is 0 Å². The van der Waals surface area contributed by atoms with Gasteiger partial charge in [0.25, 0.3) is 0 Å². The van der Waals surface area contributed by atoms with E-state index >= 15 is 0 Å². The van der Waals surface area contributed by atoms with Crippen molar-refractivity contribution in [2.45, 2.75) is 19.1 Å². The Hall–Kier alpha value is -1.36. The number of aromatic nitrogens is 2. The molecular formula is C8H10N2O3. The number of hydrogen-bond donors (Lipinski definition) is 1. The fourth-order valence-electron chi connectivity index (χ4n) is 1.23. The smallest absolute Gasteiger partial charge is 0.356 e. The maximum absolute atomic E-state index is 10.5. The van der Waals surface area contributed by atoms with Crippen LogP contribution in [0.25, 0.3) is 0 Å². The fraction of sp³-hybridized carbons (Fsp3) is 0.500. The third kappa shape index (κ3) is 1.70. The first kappa shape index (κ1) is 8.25. The quantitative estimate of drug-likeness (QED) is 0.733. The Bertz CT molecular complexity index is 317. The Morgan fingerprint density at radius 2 is 2.62 bits per heavy atom. The van der Waals surface area contributed by atoms with Crippen molar-refractivity contribution in [2.75, 3.05) is 6.61 Å². The predicted octanol–water partition coefficient (Wildman–Crippen LogP) is 0.370. The lowest BCUT2D eigenvalue weighted by Gasteiger charge is -2.26. The average Bonchev–Trinajstić information content (AvgIpc) is 2.44. The van der Waals surface area contributed by atoms with Crippen LogP contribution in [0.3, 0.4) is 0 Å². The van der Waals surface area contributed by atoms with Crippen LogP contribution in [0.4, 0.5) is 0 Å². The van der Waals surface area contributed by atoms with Gasteiger partial charge in [0, 0.05) is 19.3 Å². The summed E-state index contributed by atoms with van der Waals surface area (Å²) in [6.07, 6.45) is 4.31. The second-order valence-corrected chi connectivity index (χ2v) is 3.04.